The van der Waals surface area contributed by atoms with Crippen molar-refractivity contribution in [2.75, 3.05) is 11.4 Å². The van der Waals surface area contributed by atoms with Crippen LogP contribution < -0.4 is 4.90 Å². The summed E-state index contributed by atoms with van der Waals surface area (Å²) in [6.07, 6.45) is -2.85. The lowest BCUT2D eigenvalue weighted by Crippen LogP contribution is -2.33. The Kier molecular flexibility index (Phi) is 5.32. The highest BCUT2D eigenvalue weighted by Crippen LogP contribution is 2.37. The SMILES string of the molecule is CCC(=O)N(CC#N)c1ccc(-c2cncc(F)c2)nc1C(F)(F)F. The second kappa shape index (κ2) is 7.25. The monoisotopic (exact) mass is 352 g/mol. The zero-order chi connectivity index (χ0) is 18.6. The molecule has 9 heteroatoms. The van der Waals surface area contributed by atoms with Crippen molar-refractivity contribution >= 4 is 11.6 Å². The maximum Gasteiger partial charge on any atom is 0.435 e. The van der Waals surface area contributed by atoms with E-state index in [4.69, 9.17) is 5.26 Å². The third kappa shape index (κ3) is 4.09. The van der Waals surface area contributed by atoms with Crippen molar-refractivity contribution in [3.63, 3.8) is 0 Å². The van der Waals surface area contributed by atoms with Crippen molar-refractivity contribution in [2.24, 2.45) is 0 Å². The van der Waals surface area contributed by atoms with E-state index < -0.39 is 35.8 Å². The summed E-state index contributed by atoms with van der Waals surface area (Å²) in [5.41, 5.74) is -1.94. The minimum Gasteiger partial charge on any atom is -0.296 e. The highest BCUT2D eigenvalue weighted by molar-refractivity contribution is 5.94. The van der Waals surface area contributed by atoms with E-state index in [1.54, 1.807) is 6.07 Å². The van der Waals surface area contributed by atoms with Gasteiger partial charge in [-0.3, -0.25) is 14.7 Å². The fraction of sp³-hybridized carbons (Fsp3) is 0.250. The Morgan fingerprint density at radius 1 is 1.32 bits per heavy atom. The van der Waals surface area contributed by atoms with Crippen molar-refractivity contribution in [2.45, 2.75) is 19.5 Å². The van der Waals surface area contributed by atoms with E-state index in [1.807, 2.05) is 0 Å². The molecule has 0 saturated carbocycles. The second-order valence-corrected chi connectivity index (χ2v) is 4.95. The molecule has 0 spiro atoms. The van der Waals surface area contributed by atoms with Gasteiger partial charge in [0.15, 0.2) is 5.69 Å². The molecule has 5 nitrogen and oxygen atoms in total. The number of amides is 1. The highest BCUT2D eigenvalue weighted by Gasteiger charge is 2.38. The first-order valence-electron chi connectivity index (χ1n) is 7.14. The van der Waals surface area contributed by atoms with Crippen LogP contribution in [0.5, 0.6) is 0 Å². The first kappa shape index (κ1) is 18.3. The van der Waals surface area contributed by atoms with Gasteiger partial charge < -0.3 is 0 Å². The third-order valence-electron chi connectivity index (χ3n) is 3.27. The summed E-state index contributed by atoms with van der Waals surface area (Å²) in [6, 6.07) is 4.92. The molecule has 1 amide bonds. The largest absolute Gasteiger partial charge is 0.435 e. The predicted molar refractivity (Wildman–Crippen MR) is 80.7 cm³/mol. The summed E-state index contributed by atoms with van der Waals surface area (Å²) in [7, 11) is 0. The molecule has 2 aromatic heterocycles. The molecule has 0 N–H and O–H groups in total. The van der Waals surface area contributed by atoms with Gasteiger partial charge in [0, 0.05) is 18.2 Å². The van der Waals surface area contributed by atoms with Gasteiger partial charge in [-0.05, 0) is 18.2 Å². The zero-order valence-corrected chi connectivity index (χ0v) is 13.0. The summed E-state index contributed by atoms with van der Waals surface area (Å²) < 4.78 is 53.5. The lowest BCUT2D eigenvalue weighted by atomic mass is 10.1. The van der Waals surface area contributed by atoms with Crippen molar-refractivity contribution in [3.05, 3.63) is 42.1 Å². The molecule has 0 aliphatic carbocycles. The van der Waals surface area contributed by atoms with Crippen LogP contribution in [-0.2, 0) is 11.0 Å². The second-order valence-electron chi connectivity index (χ2n) is 4.95. The standard InChI is InChI=1S/C16H12F4N4O/c1-2-14(25)24(6-5-21)13-4-3-12(23-15(13)16(18,19)20)10-7-11(17)9-22-8-10/h3-4,7-9H,2,6H2,1H3. The van der Waals surface area contributed by atoms with E-state index in [9.17, 15) is 22.4 Å². The minimum atomic E-state index is -4.87. The summed E-state index contributed by atoms with van der Waals surface area (Å²) in [4.78, 5) is 19.7. The minimum absolute atomic E-state index is 0.0608. The van der Waals surface area contributed by atoms with Gasteiger partial charge in [0.25, 0.3) is 0 Å². The fourth-order valence-electron chi connectivity index (χ4n) is 2.16. The quantitative estimate of drug-likeness (QED) is 0.623. The van der Waals surface area contributed by atoms with Crippen LogP contribution in [0.1, 0.15) is 19.0 Å². The summed E-state index contributed by atoms with van der Waals surface area (Å²) >= 11 is 0. The maximum absolute atomic E-state index is 13.4. The maximum atomic E-state index is 13.4. The summed E-state index contributed by atoms with van der Waals surface area (Å²) in [6.45, 7) is 0.929. The van der Waals surface area contributed by atoms with E-state index in [2.05, 4.69) is 9.97 Å². The molecule has 25 heavy (non-hydrogen) atoms. The number of aromatic nitrogens is 2. The molecule has 0 unspecified atom stereocenters. The molecule has 0 radical (unpaired) electrons. The number of carbonyl (C=O) groups excluding carboxylic acids is 1. The lowest BCUT2D eigenvalue weighted by molar-refractivity contribution is -0.140. The molecule has 0 bridgehead atoms. The van der Waals surface area contributed by atoms with Gasteiger partial charge in [-0.1, -0.05) is 6.92 Å². The molecule has 2 heterocycles. The number of hydrogen-bond donors (Lipinski definition) is 0. The predicted octanol–water partition coefficient (Wildman–Crippen LogP) is 3.57. The summed E-state index contributed by atoms with van der Waals surface area (Å²) in [5, 5.41) is 8.80. The van der Waals surface area contributed by atoms with Gasteiger partial charge in [-0.15, -0.1) is 0 Å². The van der Waals surface area contributed by atoms with Gasteiger partial charge in [0.05, 0.1) is 23.6 Å². The number of halogens is 4. The van der Waals surface area contributed by atoms with Gasteiger partial charge >= 0.3 is 6.18 Å². The van der Waals surface area contributed by atoms with E-state index >= 15 is 0 Å². The summed E-state index contributed by atoms with van der Waals surface area (Å²) in [5.74, 6) is -1.36. The number of anilines is 1. The number of pyridine rings is 2. The Balaban J connectivity index is 2.62. The van der Waals surface area contributed by atoms with Crippen LogP contribution in [0.15, 0.2) is 30.6 Å². The molecule has 0 aliphatic rings. The number of carbonyl (C=O) groups is 1. The van der Waals surface area contributed by atoms with Crippen LogP contribution in [0.4, 0.5) is 23.2 Å². The Morgan fingerprint density at radius 2 is 2.04 bits per heavy atom. The molecular weight excluding hydrogens is 340 g/mol. The first-order valence-corrected chi connectivity index (χ1v) is 7.14. The molecule has 0 aliphatic heterocycles. The average Bonchev–Trinajstić information content (AvgIpc) is 2.58. The van der Waals surface area contributed by atoms with Crippen molar-refractivity contribution in [1.29, 1.82) is 5.26 Å². The Hall–Kier alpha value is -3.02. The van der Waals surface area contributed by atoms with Crippen LogP contribution in [0, 0.1) is 17.1 Å². The van der Waals surface area contributed by atoms with E-state index in [1.165, 1.54) is 19.2 Å². The Bertz CT molecular complexity index is 830. The fourth-order valence-corrected chi connectivity index (χ4v) is 2.16. The number of hydrogen-bond acceptors (Lipinski definition) is 4. The molecule has 130 valence electrons. The van der Waals surface area contributed by atoms with Gasteiger partial charge in [-0.2, -0.15) is 18.4 Å². The molecule has 0 fully saturated rings. The highest BCUT2D eigenvalue weighted by atomic mass is 19.4. The first-order chi connectivity index (χ1) is 11.8. The van der Waals surface area contributed by atoms with Crippen LogP contribution in [-0.4, -0.2) is 22.4 Å². The van der Waals surface area contributed by atoms with Gasteiger partial charge in [0.1, 0.15) is 12.4 Å². The van der Waals surface area contributed by atoms with Crippen LogP contribution in [0.2, 0.25) is 0 Å². The van der Waals surface area contributed by atoms with Crippen LogP contribution in [0.25, 0.3) is 11.3 Å². The van der Waals surface area contributed by atoms with E-state index in [0.717, 1.165) is 23.2 Å². The molecule has 0 atom stereocenters. The smallest absolute Gasteiger partial charge is 0.296 e. The average molecular weight is 352 g/mol. The van der Waals surface area contributed by atoms with E-state index in [-0.39, 0.29) is 17.7 Å². The van der Waals surface area contributed by atoms with Crippen molar-refractivity contribution in [3.8, 4) is 17.3 Å². The molecule has 2 aromatic rings. The van der Waals surface area contributed by atoms with Gasteiger partial charge in [0.2, 0.25) is 5.91 Å². The normalized spacial score (nSPS) is 11.0. The van der Waals surface area contributed by atoms with Crippen LogP contribution in [0.3, 0.4) is 0 Å². The van der Waals surface area contributed by atoms with Crippen molar-refractivity contribution in [1.82, 2.24) is 9.97 Å². The number of alkyl halides is 3. The molecule has 2 rings (SSSR count). The lowest BCUT2D eigenvalue weighted by Gasteiger charge is -2.23. The molecule has 0 aromatic carbocycles. The van der Waals surface area contributed by atoms with Crippen molar-refractivity contribution < 1.29 is 22.4 Å². The number of nitrogens with zero attached hydrogens (tertiary/aromatic N) is 4. The molecule has 0 saturated heterocycles. The Morgan fingerprint density at radius 3 is 2.60 bits per heavy atom. The van der Waals surface area contributed by atoms with E-state index in [0.29, 0.717) is 0 Å². The molecular formula is C16H12F4N4O. The number of nitriles is 1. The van der Waals surface area contributed by atoms with Crippen LogP contribution >= 0.6 is 0 Å². The van der Waals surface area contributed by atoms with Gasteiger partial charge in [-0.25, -0.2) is 9.37 Å². The third-order valence-corrected chi connectivity index (χ3v) is 3.27. The topological polar surface area (TPSA) is 69.9 Å². The Labute approximate surface area is 140 Å². The zero-order valence-electron chi connectivity index (χ0n) is 13.0. The number of rotatable bonds is 4.